The summed E-state index contributed by atoms with van der Waals surface area (Å²) in [5.41, 5.74) is 7.00. The number of imide groups is 1. The van der Waals surface area contributed by atoms with E-state index in [9.17, 15) is 28.4 Å². The Morgan fingerprint density at radius 1 is 0.861 bits per heavy atom. The van der Waals surface area contributed by atoms with E-state index in [0.717, 1.165) is 97.3 Å². The predicted octanol–water partition coefficient (Wildman–Crippen LogP) is 6.31. The van der Waals surface area contributed by atoms with Gasteiger partial charge >= 0.3 is 5.69 Å². The normalized spacial score (nSPS) is 20.1. The monoisotopic (exact) mass is 981 g/mol. The van der Waals surface area contributed by atoms with Crippen LogP contribution in [0.25, 0.3) is 33.3 Å². The number of nitrogens with zero attached hydrogens (tertiary/aromatic N) is 9. The number of amides is 3. The molecule has 72 heavy (non-hydrogen) atoms. The van der Waals surface area contributed by atoms with Crippen LogP contribution in [0.15, 0.2) is 76.6 Å². The van der Waals surface area contributed by atoms with E-state index in [1.54, 1.807) is 23.9 Å². The van der Waals surface area contributed by atoms with Crippen LogP contribution >= 0.6 is 0 Å². The van der Waals surface area contributed by atoms with Gasteiger partial charge in [-0.3, -0.25) is 48.0 Å². The van der Waals surface area contributed by atoms with Gasteiger partial charge in [0.1, 0.15) is 17.5 Å². The minimum Gasteiger partial charge on any atom is -0.386 e. The number of carbonyl (C=O) groups excluding carboxylic acids is 3. The molecule has 8 heterocycles. The van der Waals surface area contributed by atoms with Crippen molar-refractivity contribution in [3.8, 4) is 5.69 Å². The molecule has 0 radical (unpaired) electrons. The molecule has 1 aliphatic carbocycles. The lowest BCUT2D eigenvalue weighted by molar-refractivity contribution is -0.135. The van der Waals surface area contributed by atoms with E-state index in [1.165, 1.54) is 22.9 Å². The minimum atomic E-state index is -0.702. The van der Waals surface area contributed by atoms with Crippen LogP contribution in [0.4, 0.5) is 20.2 Å². The van der Waals surface area contributed by atoms with Crippen LogP contribution in [0.1, 0.15) is 97.2 Å². The van der Waals surface area contributed by atoms with Gasteiger partial charge in [-0.15, -0.1) is 0 Å². The van der Waals surface area contributed by atoms with Crippen molar-refractivity contribution in [2.24, 2.45) is 13.0 Å². The molecule has 3 amide bonds. The van der Waals surface area contributed by atoms with E-state index in [4.69, 9.17) is 0 Å². The molecule has 5 aliphatic rings. The lowest BCUT2D eigenvalue weighted by Crippen LogP contribution is -2.49. The molecule has 4 fully saturated rings. The zero-order chi connectivity index (χ0) is 50.1. The fourth-order valence-electron chi connectivity index (χ4n) is 11.8. The van der Waals surface area contributed by atoms with Gasteiger partial charge in [0, 0.05) is 132 Å². The third-order valence-electron chi connectivity index (χ3n) is 16.0. The maximum Gasteiger partial charge on any atom is 0.330 e. The number of aromatic nitrogens is 5. The summed E-state index contributed by atoms with van der Waals surface area (Å²) in [5.74, 6) is -1.33. The molecule has 11 rings (SSSR count). The molecule has 2 N–H and O–H groups in total. The Hall–Kier alpha value is -6.92. The molecule has 2 aromatic carbocycles. The number of anilines is 2. The molecular weight excluding hydrogens is 921 g/mol. The number of nitrogens with one attached hydrogen (secondary N) is 2. The van der Waals surface area contributed by atoms with Gasteiger partial charge in [0.25, 0.3) is 11.5 Å². The minimum absolute atomic E-state index is 0.0474. The SMILES string of the molecule is CNc1cc(=O)n(-c2ccnc3c2cc([C@H](C)N2CC=C(c4c(C)cc(C(=O)N5CCC(CN6CCN(c7ccc8c(c7)n(C7CC7)c(=O)n8[C@@H]7CCC(=O)NC7=O)CC6)CC5)cc4F)CC2)n3C)cc1F. The molecule has 2 atom stereocenters. The van der Waals surface area contributed by atoms with E-state index < -0.39 is 17.8 Å². The molecule has 4 aliphatic heterocycles. The average Bonchev–Trinajstić information content (AvgIpc) is 4.10. The van der Waals surface area contributed by atoms with E-state index >= 15 is 4.39 Å². The van der Waals surface area contributed by atoms with Crippen molar-refractivity contribution < 1.29 is 23.2 Å². The van der Waals surface area contributed by atoms with Crippen molar-refractivity contribution in [1.29, 1.82) is 0 Å². The molecule has 18 heteroatoms. The van der Waals surface area contributed by atoms with Gasteiger partial charge in [-0.05, 0) is 112 Å². The molecule has 0 bridgehead atoms. The van der Waals surface area contributed by atoms with Crippen molar-refractivity contribution in [1.82, 2.24) is 43.3 Å². The second-order valence-electron chi connectivity index (χ2n) is 20.4. The van der Waals surface area contributed by atoms with Crippen LogP contribution in [0, 0.1) is 24.5 Å². The van der Waals surface area contributed by atoms with Crippen molar-refractivity contribution in [3.05, 3.63) is 122 Å². The van der Waals surface area contributed by atoms with Gasteiger partial charge in [-0.2, -0.15) is 0 Å². The van der Waals surface area contributed by atoms with Crippen LogP contribution in [-0.2, 0) is 16.6 Å². The molecule has 1 saturated carbocycles. The number of likely N-dealkylation sites (tertiary alicyclic amines) is 1. The van der Waals surface area contributed by atoms with Gasteiger partial charge in [0.05, 0.1) is 28.6 Å². The quantitative estimate of drug-likeness (QED) is 0.141. The Bertz CT molecular complexity index is 3290. The van der Waals surface area contributed by atoms with Crippen LogP contribution < -0.4 is 26.8 Å². The predicted molar refractivity (Wildman–Crippen MR) is 273 cm³/mol. The summed E-state index contributed by atoms with van der Waals surface area (Å²) < 4.78 is 37.7. The molecule has 16 nitrogen and oxygen atoms in total. The molecule has 3 saturated heterocycles. The Kier molecular flexibility index (Phi) is 12.5. The fourth-order valence-corrected chi connectivity index (χ4v) is 11.8. The van der Waals surface area contributed by atoms with Crippen LogP contribution in [0.2, 0.25) is 0 Å². The summed E-state index contributed by atoms with van der Waals surface area (Å²) in [5, 5.41) is 5.86. The van der Waals surface area contributed by atoms with Gasteiger partial charge in [0.15, 0.2) is 5.82 Å². The maximum atomic E-state index is 16.1. The zero-order valence-corrected chi connectivity index (χ0v) is 41.3. The third-order valence-corrected chi connectivity index (χ3v) is 16.0. The molecule has 0 spiro atoms. The number of aryl methyl sites for hydroxylation is 2. The Balaban J connectivity index is 0.688. The number of piperidine rings is 2. The van der Waals surface area contributed by atoms with Crippen molar-refractivity contribution >= 4 is 56.7 Å². The van der Waals surface area contributed by atoms with E-state index in [1.807, 2.05) is 52.3 Å². The van der Waals surface area contributed by atoms with Gasteiger partial charge in [-0.1, -0.05) is 6.08 Å². The van der Waals surface area contributed by atoms with Crippen molar-refractivity contribution in [3.63, 3.8) is 0 Å². The van der Waals surface area contributed by atoms with Gasteiger partial charge in [-0.25, -0.2) is 18.6 Å². The number of rotatable bonds is 11. The van der Waals surface area contributed by atoms with E-state index in [0.29, 0.717) is 67.4 Å². The van der Waals surface area contributed by atoms with E-state index in [2.05, 4.69) is 49.4 Å². The zero-order valence-electron chi connectivity index (χ0n) is 41.3. The first-order valence-corrected chi connectivity index (χ1v) is 25.4. The highest BCUT2D eigenvalue weighted by molar-refractivity contribution is 6.00. The Morgan fingerprint density at radius 3 is 2.33 bits per heavy atom. The highest BCUT2D eigenvalue weighted by Gasteiger charge is 2.36. The lowest BCUT2D eigenvalue weighted by atomic mass is 9.92. The molecule has 0 unspecified atom stereocenters. The smallest absolute Gasteiger partial charge is 0.330 e. The summed E-state index contributed by atoms with van der Waals surface area (Å²) in [4.78, 5) is 79.0. The summed E-state index contributed by atoms with van der Waals surface area (Å²) >= 11 is 0. The summed E-state index contributed by atoms with van der Waals surface area (Å²) in [6, 6.07) is 13.7. The fraction of sp³-hybridized carbons (Fsp3) is 0.444. The van der Waals surface area contributed by atoms with Crippen molar-refractivity contribution in [2.45, 2.75) is 76.9 Å². The molecule has 376 valence electrons. The Labute approximate surface area is 415 Å². The van der Waals surface area contributed by atoms with Crippen LogP contribution in [0.3, 0.4) is 0 Å². The van der Waals surface area contributed by atoms with Crippen LogP contribution in [-0.4, -0.2) is 122 Å². The number of imidazole rings is 1. The largest absolute Gasteiger partial charge is 0.386 e. The van der Waals surface area contributed by atoms with Crippen molar-refractivity contribution in [2.75, 3.05) is 76.2 Å². The van der Waals surface area contributed by atoms with E-state index in [-0.39, 0.29) is 53.1 Å². The number of hydrogen-bond acceptors (Lipinski definition) is 10. The molecule has 4 aromatic heterocycles. The second-order valence-corrected chi connectivity index (χ2v) is 20.4. The van der Waals surface area contributed by atoms with Gasteiger partial charge in [0.2, 0.25) is 11.8 Å². The Morgan fingerprint density at radius 2 is 1.64 bits per heavy atom. The number of pyridine rings is 2. The molecule has 6 aromatic rings. The van der Waals surface area contributed by atoms with Crippen LogP contribution in [0.5, 0.6) is 0 Å². The number of carbonyl (C=O) groups is 3. The number of piperazine rings is 1. The number of benzene rings is 2. The maximum absolute atomic E-state index is 16.1. The first-order valence-electron chi connectivity index (χ1n) is 25.4. The highest BCUT2D eigenvalue weighted by Crippen LogP contribution is 2.39. The first-order chi connectivity index (χ1) is 34.8. The highest BCUT2D eigenvalue weighted by atomic mass is 19.1. The third kappa shape index (κ3) is 8.61. The summed E-state index contributed by atoms with van der Waals surface area (Å²) in [7, 11) is 3.51. The standard InChI is InChI=1S/C54H61F2N11O5/c1-32-25-36(26-40(55)50(32)35-14-19-62(20-15-35)33(2)46-28-39-43(11-16-58-51(39)60(46)4)65-31-41(56)42(57-3)29-49(65)69)53(71)64-17-12-34(13-18-64)30-61-21-23-63(24-22-61)38-7-8-44-47(27-38)66(37-5-6-37)54(72)67(44)45-9-10-48(68)59-52(45)70/h7-8,11,14,16,25-29,31,33-34,37,45,57H,5-6,9-10,12-13,15,17-24,30H2,1-4H3,(H,59,68,70)/t33-,45+/m0/s1. The molecular formula is C54H61F2N11O5. The van der Waals surface area contributed by atoms with Gasteiger partial charge < -0.3 is 19.7 Å². The number of fused-ring (bicyclic) bond motifs is 2. The second kappa shape index (κ2) is 18.9. The lowest BCUT2D eigenvalue weighted by Gasteiger charge is -2.39. The summed E-state index contributed by atoms with van der Waals surface area (Å²) in [6.07, 6.45) is 9.67. The number of halogens is 2. The summed E-state index contributed by atoms with van der Waals surface area (Å²) in [6.45, 7) is 10.9. The topological polar surface area (TPSA) is 155 Å². The number of hydrogen-bond donors (Lipinski definition) is 2. The first kappa shape index (κ1) is 47.4. The average molecular weight is 982 g/mol.